The second-order valence-electron chi connectivity index (χ2n) is 4.60. The molecule has 1 unspecified atom stereocenters. The number of hydrogen-bond donors (Lipinski definition) is 2. The molecule has 0 spiro atoms. The number of methoxy groups -OCH3 is 2. The number of hydrogen-bond acceptors (Lipinski definition) is 5. The summed E-state index contributed by atoms with van der Waals surface area (Å²) in [6.07, 6.45) is 0. The van der Waals surface area contributed by atoms with Crippen molar-refractivity contribution in [1.29, 1.82) is 0 Å². The predicted molar refractivity (Wildman–Crippen MR) is 77.1 cm³/mol. The second-order valence-corrected chi connectivity index (χ2v) is 6.34. The van der Waals surface area contributed by atoms with Crippen molar-refractivity contribution in [1.82, 2.24) is 4.72 Å². The fourth-order valence-corrected chi connectivity index (χ4v) is 3.11. The molecule has 0 saturated carbocycles. The maximum absolute atomic E-state index is 12.3. The molecule has 1 aromatic rings. The molecule has 1 aromatic carbocycles. The highest BCUT2D eigenvalue weighted by molar-refractivity contribution is 7.89. The summed E-state index contributed by atoms with van der Waals surface area (Å²) < 4.78 is 37.3. The van der Waals surface area contributed by atoms with Crippen LogP contribution in [-0.2, 0) is 21.3 Å². The minimum atomic E-state index is -3.64. The van der Waals surface area contributed by atoms with Crippen LogP contribution in [0.4, 0.5) is 0 Å². The van der Waals surface area contributed by atoms with Crippen molar-refractivity contribution in [2.24, 2.45) is 11.7 Å². The van der Waals surface area contributed by atoms with Gasteiger partial charge in [0.15, 0.2) is 0 Å². The molecule has 0 radical (unpaired) electrons. The molecule has 0 heterocycles. The van der Waals surface area contributed by atoms with Gasteiger partial charge in [-0.05, 0) is 23.6 Å². The van der Waals surface area contributed by atoms with Crippen molar-refractivity contribution in [3.63, 3.8) is 0 Å². The molecule has 0 aliphatic heterocycles. The van der Waals surface area contributed by atoms with E-state index >= 15 is 0 Å². The Kier molecular flexibility index (Phi) is 6.41. The third kappa shape index (κ3) is 4.45. The summed E-state index contributed by atoms with van der Waals surface area (Å²) >= 11 is 0. The van der Waals surface area contributed by atoms with E-state index in [0.29, 0.717) is 18.9 Å². The molecule has 0 amide bonds. The zero-order valence-corrected chi connectivity index (χ0v) is 12.9. The Hall–Kier alpha value is -1.15. The minimum absolute atomic E-state index is 0.0819. The second kappa shape index (κ2) is 7.58. The van der Waals surface area contributed by atoms with Crippen LogP contribution in [-0.4, -0.2) is 35.8 Å². The third-order valence-electron chi connectivity index (χ3n) is 2.83. The Morgan fingerprint density at radius 2 is 2.05 bits per heavy atom. The molecule has 0 bridgehead atoms. The lowest BCUT2D eigenvalue weighted by molar-refractivity contribution is 0.161. The third-order valence-corrected chi connectivity index (χ3v) is 4.27. The first kappa shape index (κ1) is 16.9. The highest BCUT2D eigenvalue weighted by Gasteiger charge is 2.20. The smallest absolute Gasteiger partial charge is 0.244 e. The molecule has 114 valence electrons. The number of nitrogens with two attached hydrogens (primary N) is 1. The maximum atomic E-state index is 12.3. The lowest BCUT2D eigenvalue weighted by Gasteiger charge is -2.14. The molecule has 0 aromatic heterocycles. The molecule has 6 nitrogen and oxygen atoms in total. The molecule has 0 aliphatic carbocycles. The SMILES string of the molecule is COCC(C)CNS(=O)(=O)c1cc(CN)ccc1OC. The van der Waals surface area contributed by atoms with E-state index in [1.165, 1.54) is 13.2 Å². The highest BCUT2D eigenvalue weighted by Crippen LogP contribution is 2.24. The van der Waals surface area contributed by atoms with Crippen LogP contribution in [0.15, 0.2) is 23.1 Å². The van der Waals surface area contributed by atoms with E-state index < -0.39 is 10.0 Å². The largest absolute Gasteiger partial charge is 0.495 e. The molecule has 0 aliphatic rings. The van der Waals surface area contributed by atoms with Gasteiger partial charge in [0.05, 0.1) is 7.11 Å². The van der Waals surface area contributed by atoms with Gasteiger partial charge in [0.2, 0.25) is 10.0 Å². The van der Waals surface area contributed by atoms with Crippen molar-refractivity contribution in [2.45, 2.75) is 18.4 Å². The average Bonchev–Trinajstić information content (AvgIpc) is 2.45. The number of benzene rings is 1. The molecule has 3 N–H and O–H groups in total. The normalized spacial score (nSPS) is 13.2. The van der Waals surface area contributed by atoms with Gasteiger partial charge in [0.25, 0.3) is 0 Å². The molecule has 20 heavy (non-hydrogen) atoms. The highest BCUT2D eigenvalue weighted by atomic mass is 32.2. The zero-order valence-electron chi connectivity index (χ0n) is 12.0. The van der Waals surface area contributed by atoms with Crippen LogP contribution in [0.1, 0.15) is 12.5 Å². The standard InChI is InChI=1S/C13H22N2O4S/c1-10(9-18-2)8-15-20(16,17)13-6-11(7-14)4-5-12(13)19-3/h4-6,10,15H,7-9,14H2,1-3H3. The summed E-state index contributed by atoms with van der Waals surface area (Å²) in [6.45, 7) is 2.96. The Morgan fingerprint density at radius 1 is 1.35 bits per heavy atom. The zero-order chi connectivity index (χ0) is 15.2. The topological polar surface area (TPSA) is 90.7 Å². The van der Waals surface area contributed by atoms with Gasteiger partial charge < -0.3 is 15.2 Å². The quantitative estimate of drug-likeness (QED) is 0.738. The molecule has 7 heteroatoms. The number of sulfonamides is 1. The van der Waals surface area contributed by atoms with E-state index in [4.69, 9.17) is 15.2 Å². The van der Waals surface area contributed by atoms with Crippen molar-refractivity contribution >= 4 is 10.0 Å². The van der Waals surface area contributed by atoms with Gasteiger partial charge in [-0.3, -0.25) is 0 Å². The van der Waals surface area contributed by atoms with E-state index in [1.807, 2.05) is 6.92 Å². The van der Waals surface area contributed by atoms with Crippen molar-refractivity contribution in [2.75, 3.05) is 27.4 Å². The van der Waals surface area contributed by atoms with E-state index in [1.54, 1.807) is 19.2 Å². The monoisotopic (exact) mass is 302 g/mol. The first-order chi connectivity index (χ1) is 9.44. The van der Waals surface area contributed by atoms with Gasteiger partial charge in [-0.25, -0.2) is 13.1 Å². The summed E-state index contributed by atoms with van der Waals surface area (Å²) in [4.78, 5) is 0.104. The lowest BCUT2D eigenvalue weighted by Crippen LogP contribution is -2.30. The first-order valence-electron chi connectivity index (χ1n) is 6.30. The van der Waals surface area contributed by atoms with E-state index in [9.17, 15) is 8.42 Å². The van der Waals surface area contributed by atoms with Crippen LogP contribution in [0.2, 0.25) is 0 Å². The van der Waals surface area contributed by atoms with Crippen molar-refractivity contribution in [3.05, 3.63) is 23.8 Å². The Bertz CT molecular complexity index is 531. The molecule has 1 atom stereocenters. The van der Waals surface area contributed by atoms with Crippen LogP contribution in [0.3, 0.4) is 0 Å². The van der Waals surface area contributed by atoms with Gasteiger partial charge in [-0.2, -0.15) is 0 Å². The average molecular weight is 302 g/mol. The van der Waals surface area contributed by atoms with Gasteiger partial charge in [-0.15, -0.1) is 0 Å². The van der Waals surface area contributed by atoms with Crippen LogP contribution in [0.5, 0.6) is 5.75 Å². The number of rotatable bonds is 8. The van der Waals surface area contributed by atoms with Gasteiger partial charge in [-0.1, -0.05) is 13.0 Å². The van der Waals surface area contributed by atoms with E-state index in [2.05, 4.69) is 4.72 Å². The summed E-state index contributed by atoms with van der Waals surface area (Å²) in [6, 6.07) is 4.88. The number of nitrogens with one attached hydrogen (secondary N) is 1. The molecule has 0 fully saturated rings. The van der Waals surface area contributed by atoms with Crippen molar-refractivity contribution in [3.8, 4) is 5.75 Å². The van der Waals surface area contributed by atoms with Gasteiger partial charge in [0.1, 0.15) is 10.6 Å². The Morgan fingerprint density at radius 3 is 2.60 bits per heavy atom. The fourth-order valence-electron chi connectivity index (χ4n) is 1.73. The van der Waals surface area contributed by atoms with E-state index in [0.717, 1.165) is 5.56 Å². The molecule has 0 saturated heterocycles. The van der Waals surface area contributed by atoms with Crippen LogP contribution in [0.25, 0.3) is 0 Å². The molecular weight excluding hydrogens is 280 g/mol. The Labute approximate surface area is 120 Å². The van der Waals surface area contributed by atoms with Crippen LogP contribution >= 0.6 is 0 Å². The summed E-state index contributed by atoms with van der Waals surface area (Å²) in [5, 5.41) is 0. The number of ether oxygens (including phenoxy) is 2. The summed E-state index contributed by atoms with van der Waals surface area (Å²) in [5.41, 5.74) is 6.28. The fraction of sp³-hybridized carbons (Fsp3) is 0.538. The summed E-state index contributed by atoms with van der Waals surface area (Å²) in [5.74, 6) is 0.382. The maximum Gasteiger partial charge on any atom is 0.244 e. The van der Waals surface area contributed by atoms with Crippen LogP contribution < -0.4 is 15.2 Å². The van der Waals surface area contributed by atoms with Gasteiger partial charge >= 0.3 is 0 Å². The van der Waals surface area contributed by atoms with Crippen LogP contribution in [0, 0.1) is 5.92 Å². The summed E-state index contributed by atoms with van der Waals surface area (Å²) in [7, 11) is -0.618. The van der Waals surface area contributed by atoms with Gasteiger partial charge in [0, 0.05) is 26.8 Å². The minimum Gasteiger partial charge on any atom is -0.495 e. The van der Waals surface area contributed by atoms with Crippen molar-refractivity contribution < 1.29 is 17.9 Å². The first-order valence-corrected chi connectivity index (χ1v) is 7.78. The molecule has 1 rings (SSSR count). The lowest BCUT2D eigenvalue weighted by atomic mass is 10.2. The predicted octanol–water partition coefficient (Wildman–Crippen LogP) is 0.715. The Balaban J connectivity index is 2.96. The van der Waals surface area contributed by atoms with E-state index in [-0.39, 0.29) is 17.4 Å². The molecular formula is C13H22N2O4S.